The van der Waals surface area contributed by atoms with E-state index in [-0.39, 0.29) is 18.6 Å². The van der Waals surface area contributed by atoms with Crippen molar-refractivity contribution in [2.75, 3.05) is 6.61 Å². The molecule has 1 atom stereocenters. The second-order valence-electron chi connectivity index (χ2n) is 4.14. The van der Waals surface area contributed by atoms with E-state index in [0.717, 1.165) is 5.56 Å². The maximum Gasteiger partial charge on any atom is 0.224 e. The molecule has 0 saturated carbocycles. The number of nitrogens with one attached hydrogen (secondary N) is 1. The Morgan fingerprint density at radius 1 is 1.38 bits per heavy atom. The third-order valence-corrected chi connectivity index (χ3v) is 2.45. The van der Waals surface area contributed by atoms with E-state index in [2.05, 4.69) is 5.32 Å². The Balaban J connectivity index is 2.42. The number of carbonyl (C=O) groups excluding carboxylic acids is 1. The van der Waals surface area contributed by atoms with Crippen LogP contribution < -0.4 is 5.32 Å². The molecule has 0 saturated heterocycles. The maximum absolute atomic E-state index is 11.6. The average Bonchev–Trinajstić information content (AvgIpc) is 2.21. The lowest BCUT2D eigenvalue weighted by Gasteiger charge is -2.12. The Kier molecular flexibility index (Phi) is 4.99. The van der Waals surface area contributed by atoms with Gasteiger partial charge in [-0.2, -0.15) is 0 Å². The number of aryl methyl sites for hydroxylation is 1. The van der Waals surface area contributed by atoms with Crippen molar-refractivity contribution in [1.29, 1.82) is 0 Å². The van der Waals surface area contributed by atoms with Crippen molar-refractivity contribution in [2.24, 2.45) is 0 Å². The second-order valence-corrected chi connectivity index (χ2v) is 4.14. The van der Waals surface area contributed by atoms with Crippen LogP contribution in [0, 0.1) is 6.92 Å². The van der Waals surface area contributed by atoms with Gasteiger partial charge in [0.2, 0.25) is 5.91 Å². The van der Waals surface area contributed by atoms with Gasteiger partial charge in [-0.05, 0) is 25.8 Å². The van der Waals surface area contributed by atoms with E-state index < -0.39 is 0 Å². The number of carbonyl (C=O) groups is 1. The Morgan fingerprint density at radius 2 is 2.00 bits per heavy atom. The Labute approximate surface area is 96.5 Å². The van der Waals surface area contributed by atoms with Crippen LogP contribution in [0.15, 0.2) is 24.3 Å². The van der Waals surface area contributed by atoms with Crippen molar-refractivity contribution >= 4 is 5.91 Å². The predicted molar refractivity (Wildman–Crippen MR) is 64.2 cm³/mol. The minimum absolute atomic E-state index is 0.00445. The Hall–Kier alpha value is -1.35. The molecule has 0 fully saturated rings. The highest BCUT2D eigenvalue weighted by Gasteiger charge is 2.07. The first-order valence-corrected chi connectivity index (χ1v) is 5.57. The van der Waals surface area contributed by atoms with Crippen LogP contribution in [-0.2, 0) is 11.2 Å². The number of aliphatic hydroxyl groups excluding tert-OH is 1. The molecule has 0 heterocycles. The summed E-state index contributed by atoms with van der Waals surface area (Å²) in [6, 6.07) is 7.96. The maximum atomic E-state index is 11.6. The lowest BCUT2D eigenvalue weighted by atomic mass is 10.1. The van der Waals surface area contributed by atoms with Gasteiger partial charge in [0.05, 0.1) is 6.42 Å². The predicted octanol–water partition coefficient (Wildman–Crippen LogP) is 1.42. The molecular weight excluding hydrogens is 202 g/mol. The molecular formula is C13H19NO2. The van der Waals surface area contributed by atoms with Crippen molar-refractivity contribution in [3.8, 4) is 0 Å². The van der Waals surface area contributed by atoms with Gasteiger partial charge in [0, 0.05) is 12.6 Å². The molecule has 0 aliphatic carbocycles. The Bertz CT molecular complexity index is 332. The molecule has 2 N–H and O–H groups in total. The lowest BCUT2D eigenvalue weighted by molar-refractivity contribution is -0.121. The fraction of sp³-hybridized carbons (Fsp3) is 0.462. The Morgan fingerprint density at radius 3 is 2.56 bits per heavy atom. The molecule has 1 unspecified atom stereocenters. The molecule has 1 amide bonds. The molecule has 88 valence electrons. The summed E-state index contributed by atoms with van der Waals surface area (Å²) in [7, 11) is 0. The number of hydrogen-bond donors (Lipinski definition) is 2. The minimum Gasteiger partial charge on any atom is -0.396 e. The van der Waals surface area contributed by atoms with Gasteiger partial charge in [0.15, 0.2) is 0 Å². The van der Waals surface area contributed by atoms with Crippen LogP contribution in [0.3, 0.4) is 0 Å². The van der Waals surface area contributed by atoms with Crippen molar-refractivity contribution in [1.82, 2.24) is 5.32 Å². The fourth-order valence-electron chi connectivity index (χ4n) is 1.48. The van der Waals surface area contributed by atoms with Gasteiger partial charge >= 0.3 is 0 Å². The topological polar surface area (TPSA) is 49.3 Å². The van der Waals surface area contributed by atoms with Crippen molar-refractivity contribution in [2.45, 2.75) is 32.7 Å². The van der Waals surface area contributed by atoms with E-state index in [1.54, 1.807) is 0 Å². The summed E-state index contributed by atoms with van der Waals surface area (Å²) < 4.78 is 0. The molecule has 16 heavy (non-hydrogen) atoms. The first kappa shape index (κ1) is 12.7. The molecule has 0 aliphatic rings. The van der Waals surface area contributed by atoms with Crippen LogP contribution in [0.4, 0.5) is 0 Å². The SMILES string of the molecule is Cc1ccc(CC(=O)NC(C)CCO)cc1. The average molecular weight is 221 g/mol. The van der Waals surface area contributed by atoms with E-state index in [9.17, 15) is 4.79 Å². The molecule has 0 aromatic heterocycles. The van der Waals surface area contributed by atoms with Gasteiger partial charge in [0.25, 0.3) is 0 Å². The molecule has 0 aliphatic heterocycles. The zero-order valence-electron chi connectivity index (χ0n) is 9.86. The summed E-state index contributed by atoms with van der Waals surface area (Å²) in [5, 5.41) is 11.6. The van der Waals surface area contributed by atoms with Crippen LogP contribution in [0.25, 0.3) is 0 Å². The normalized spacial score (nSPS) is 12.2. The molecule has 0 radical (unpaired) electrons. The third kappa shape index (κ3) is 4.45. The number of benzene rings is 1. The molecule has 3 heteroatoms. The number of amides is 1. The standard InChI is InChI=1S/C13H19NO2/c1-10-3-5-12(6-4-10)9-13(16)14-11(2)7-8-15/h3-6,11,15H,7-9H2,1-2H3,(H,14,16). The molecule has 3 nitrogen and oxygen atoms in total. The first-order valence-electron chi connectivity index (χ1n) is 5.57. The van der Waals surface area contributed by atoms with Gasteiger partial charge in [-0.25, -0.2) is 0 Å². The number of rotatable bonds is 5. The van der Waals surface area contributed by atoms with E-state index in [4.69, 9.17) is 5.11 Å². The molecule has 1 aromatic carbocycles. The monoisotopic (exact) mass is 221 g/mol. The summed E-state index contributed by atoms with van der Waals surface area (Å²) >= 11 is 0. The van der Waals surface area contributed by atoms with Gasteiger partial charge < -0.3 is 10.4 Å². The van der Waals surface area contributed by atoms with E-state index in [0.29, 0.717) is 12.8 Å². The van der Waals surface area contributed by atoms with Crippen LogP contribution in [0.5, 0.6) is 0 Å². The smallest absolute Gasteiger partial charge is 0.224 e. The zero-order chi connectivity index (χ0) is 12.0. The van der Waals surface area contributed by atoms with Crippen molar-refractivity contribution in [3.05, 3.63) is 35.4 Å². The van der Waals surface area contributed by atoms with Gasteiger partial charge in [-0.3, -0.25) is 4.79 Å². The lowest BCUT2D eigenvalue weighted by Crippen LogP contribution is -2.34. The summed E-state index contributed by atoms with van der Waals surface area (Å²) in [5.74, 6) is 0.00445. The van der Waals surface area contributed by atoms with E-state index in [1.165, 1.54) is 5.56 Å². The minimum atomic E-state index is 0.00445. The van der Waals surface area contributed by atoms with Crippen LogP contribution in [0.1, 0.15) is 24.5 Å². The van der Waals surface area contributed by atoms with Crippen LogP contribution >= 0.6 is 0 Å². The molecule has 1 aromatic rings. The first-order chi connectivity index (χ1) is 7.61. The van der Waals surface area contributed by atoms with Gasteiger partial charge in [-0.15, -0.1) is 0 Å². The van der Waals surface area contributed by atoms with Gasteiger partial charge in [-0.1, -0.05) is 29.8 Å². The van der Waals surface area contributed by atoms with Crippen LogP contribution in [-0.4, -0.2) is 23.7 Å². The summed E-state index contributed by atoms with van der Waals surface area (Å²) in [4.78, 5) is 11.6. The summed E-state index contributed by atoms with van der Waals surface area (Å²) in [5.41, 5.74) is 2.21. The fourth-order valence-corrected chi connectivity index (χ4v) is 1.48. The van der Waals surface area contributed by atoms with E-state index >= 15 is 0 Å². The van der Waals surface area contributed by atoms with E-state index in [1.807, 2.05) is 38.1 Å². The molecule has 0 bridgehead atoms. The number of aliphatic hydroxyl groups is 1. The number of hydrogen-bond acceptors (Lipinski definition) is 2. The molecule has 1 rings (SSSR count). The van der Waals surface area contributed by atoms with Crippen LogP contribution in [0.2, 0.25) is 0 Å². The largest absolute Gasteiger partial charge is 0.396 e. The third-order valence-electron chi connectivity index (χ3n) is 2.45. The summed E-state index contributed by atoms with van der Waals surface area (Å²) in [6.45, 7) is 4.02. The van der Waals surface area contributed by atoms with Gasteiger partial charge in [0.1, 0.15) is 0 Å². The zero-order valence-corrected chi connectivity index (χ0v) is 9.86. The highest BCUT2D eigenvalue weighted by Crippen LogP contribution is 2.04. The van der Waals surface area contributed by atoms with Crippen molar-refractivity contribution in [3.63, 3.8) is 0 Å². The second kappa shape index (κ2) is 6.28. The molecule has 0 spiro atoms. The highest BCUT2D eigenvalue weighted by molar-refractivity contribution is 5.78. The van der Waals surface area contributed by atoms with Crippen molar-refractivity contribution < 1.29 is 9.90 Å². The summed E-state index contributed by atoms with van der Waals surface area (Å²) in [6.07, 6.45) is 0.996. The quantitative estimate of drug-likeness (QED) is 0.790. The highest BCUT2D eigenvalue weighted by atomic mass is 16.3.